The summed E-state index contributed by atoms with van der Waals surface area (Å²) in [6.07, 6.45) is -3.83. The van der Waals surface area contributed by atoms with E-state index in [9.17, 15) is 13.6 Å². The summed E-state index contributed by atoms with van der Waals surface area (Å²) in [5, 5.41) is 0. The van der Waals surface area contributed by atoms with Crippen LogP contribution in [-0.4, -0.2) is 33.3 Å². The van der Waals surface area contributed by atoms with Crippen LogP contribution in [0, 0.1) is 0 Å². The second-order valence-corrected chi connectivity index (χ2v) is 3.48. The Morgan fingerprint density at radius 3 is 2.68 bits per heavy atom. The molecule has 0 unspecified atom stereocenters. The molecular weight excluding hydrogens is 266 g/mol. The van der Waals surface area contributed by atoms with Gasteiger partial charge in [-0.3, -0.25) is 0 Å². The van der Waals surface area contributed by atoms with Crippen LogP contribution in [0.15, 0.2) is 12.1 Å². The summed E-state index contributed by atoms with van der Waals surface area (Å²) < 4.78 is 48.8. The van der Waals surface area contributed by atoms with Crippen LogP contribution in [0.1, 0.15) is 10.4 Å². The van der Waals surface area contributed by atoms with Gasteiger partial charge in [0.1, 0.15) is 11.3 Å². The number of ether oxygens (including phenoxy) is 5. The van der Waals surface area contributed by atoms with Gasteiger partial charge in [-0.2, -0.15) is 0 Å². The van der Waals surface area contributed by atoms with Crippen molar-refractivity contribution in [1.82, 2.24) is 0 Å². The third kappa shape index (κ3) is 2.53. The van der Waals surface area contributed by atoms with Gasteiger partial charge in [0.05, 0.1) is 7.11 Å². The molecule has 0 saturated carbocycles. The first-order valence-electron chi connectivity index (χ1n) is 5.11. The second-order valence-electron chi connectivity index (χ2n) is 3.48. The average Bonchev–Trinajstić information content (AvgIpc) is 2.68. The Bertz CT molecular complexity index is 502. The van der Waals surface area contributed by atoms with Crippen LogP contribution in [0.25, 0.3) is 0 Å². The highest BCUT2D eigenvalue weighted by atomic mass is 19.3. The number of halogens is 2. The number of benzene rings is 1. The number of hydrogen-bond acceptors (Lipinski definition) is 6. The van der Waals surface area contributed by atoms with Gasteiger partial charge in [0.2, 0.25) is 0 Å². The van der Waals surface area contributed by atoms with Crippen molar-refractivity contribution in [2.45, 2.75) is 6.29 Å². The van der Waals surface area contributed by atoms with E-state index in [1.54, 1.807) is 0 Å². The van der Waals surface area contributed by atoms with Gasteiger partial charge < -0.3 is 23.7 Å². The number of esters is 1. The van der Waals surface area contributed by atoms with Gasteiger partial charge >= 0.3 is 12.3 Å². The first kappa shape index (κ1) is 13.3. The van der Waals surface area contributed by atoms with Crippen LogP contribution in [0.2, 0.25) is 0 Å². The molecule has 0 bridgehead atoms. The number of carbonyl (C=O) groups is 1. The minimum atomic E-state index is -3.83. The maximum Gasteiger partial charge on any atom is 0.586 e. The van der Waals surface area contributed by atoms with E-state index in [1.807, 2.05) is 0 Å². The standard InChI is InChI=1S/C11H10F2O6/c1-15-5-17-6-3-4-7-9(8(6)10(14)16-2)19-11(12,13)18-7/h3-4H,5H2,1-2H3. The van der Waals surface area contributed by atoms with Crippen LogP contribution in [-0.2, 0) is 9.47 Å². The van der Waals surface area contributed by atoms with Gasteiger partial charge in [-0.25, -0.2) is 4.79 Å². The fraction of sp³-hybridized carbons (Fsp3) is 0.364. The Kier molecular flexibility index (Phi) is 3.43. The van der Waals surface area contributed by atoms with Crippen LogP contribution < -0.4 is 14.2 Å². The van der Waals surface area contributed by atoms with Crippen molar-refractivity contribution in [3.63, 3.8) is 0 Å². The lowest BCUT2D eigenvalue weighted by atomic mass is 10.1. The number of carbonyl (C=O) groups excluding carboxylic acids is 1. The van der Waals surface area contributed by atoms with E-state index in [0.29, 0.717) is 0 Å². The van der Waals surface area contributed by atoms with Crippen molar-refractivity contribution in [3.05, 3.63) is 17.7 Å². The Morgan fingerprint density at radius 1 is 1.32 bits per heavy atom. The summed E-state index contributed by atoms with van der Waals surface area (Å²) in [4.78, 5) is 11.6. The maximum absolute atomic E-state index is 13.0. The Morgan fingerprint density at radius 2 is 2.05 bits per heavy atom. The van der Waals surface area contributed by atoms with Crippen LogP contribution >= 0.6 is 0 Å². The average molecular weight is 276 g/mol. The lowest BCUT2D eigenvalue weighted by Crippen LogP contribution is -2.26. The second kappa shape index (κ2) is 4.88. The molecule has 1 aliphatic rings. The zero-order valence-electron chi connectivity index (χ0n) is 10.1. The zero-order valence-corrected chi connectivity index (χ0v) is 10.1. The number of fused-ring (bicyclic) bond motifs is 1. The molecule has 19 heavy (non-hydrogen) atoms. The summed E-state index contributed by atoms with van der Waals surface area (Å²) in [6.45, 7) is -0.167. The first-order valence-corrected chi connectivity index (χ1v) is 5.11. The fourth-order valence-electron chi connectivity index (χ4n) is 1.53. The molecular formula is C11H10F2O6. The van der Waals surface area contributed by atoms with Crippen LogP contribution in [0.3, 0.4) is 0 Å². The van der Waals surface area contributed by atoms with E-state index in [-0.39, 0.29) is 23.9 Å². The zero-order chi connectivity index (χ0) is 14.0. The molecule has 8 heteroatoms. The lowest BCUT2D eigenvalue weighted by Gasteiger charge is -2.11. The van der Waals surface area contributed by atoms with E-state index < -0.39 is 18.0 Å². The smallest absolute Gasteiger partial charge is 0.467 e. The number of rotatable bonds is 4. The predicted octanol–water partition coefficient (Wildman–Crippen LogP) is 1.78. The van der Waals surface area contributed by atoms with Gasteiger partial charge in [-0.15, -0.1) is 8.78 Å². The Labute approximate surface area is 106 Å². The molecule has 104 valence electrons. The third-order valence-corrected chi connectivity index (χ3v) is 2.25. The molecule has 0 atom stereocenters. The van der Waals surface area contributed by atoms with E-state index >= 15 is 0 Å². The number of alkyl halides is 2. The molecule has 6 nitrogen and oxygen atoms in total. The highest BCUT2D eigenvalue weighted by Gasteiger charge is 2.46. The van der Waals surface area contributed by atoms with Gasteiger partial charge in [0.15, 0.2) is 18.3 Å². The molecule has 0 N–H and O–H groups in total. The summed E-state index contributed by atoms with van der Waals surface area (Å²) in [6, 6.07) is 2.49. The molecule has 0 aliphatic carbocycles. The summed E-state index contributed by atoms with van der Waals surface area (Å²) in [5.74, 6) is -1.58. The van der Waals surface area contributed by atoms with Crippen molar-refractivity contribution in [3.8, 4) is 17.2 Å². The van der Waals surface area contributed by atoms with Crippen molar-refractivity contribution in [1.29, 1.82) is 0 Å². The molecule has 1 aromatic carbocycles. The Balaban J connectivity index is 2.46. The molecule has 0 saturated heterocycles. The van der Waals surface area contributed by atoms with Gasteiger partial charge in [0, 0.05) is 7.11 Å². The molecule has 1 aromatic rings. The highest BCUT2D eigenvalue weighted by molar-refractivity contribution is 5.96. The van der Waals surface area contributed by atoms with Gasteiger partial charge in [0.25, 0.3) is 0 Å². The normalized spacial score (nSPS) is 15.2. The Hall–Kier alpha value is -2.09. The third-order valence-electron chi connectivity index (χ3n) is 2.25. The minimum absolute atomic E-state index is 0.00579. The van der Waals surface area contributed by atoms with Crippen LogP contribution in [0.5, 0.6) is 17.2 Å². The van der Waals surface area contributed by atoms with E-state index in [1.165, 1.54) is 19.2 Å². The lowest BCUT2D eigenvalue weighted by molar-refractivity contribution is -0.286. The van der Waals surface area contributed by atoms with E-state index in [0.717, 1.165) is 7.11 Å². The molecule has 1 aliphatic heterocycles. The van der Waals surface area contributed by atoms with Crippen molar-refractivity contribution in [2.75, 3.05) is 21.0 Å². The minimum Gasteiger partial charge on any atom is -0.467 e. The van der Waals surface area contributed by atoms with Gasteiger partial charge in [-0.1, -0.05) is 0 Å². The quantitative estimate of drug-likeness (QED) is 0.617. The summed E-state index contributed by atoms with van der Waals surface area (Å²) in [5.41, 5.74) is -0.283. The van der Waals surface area contributed by atoms with Crippen molar-refractivity contribution >= 4 is 5.97 Å². The molecule has 0 radical (unpaired) electrons. The van der Waals surface area contributed by atoms with Crippen LogP contribution in [0.4, 0.5) is 8.78 Å². The summed E-state index contributed by atoms with van der Waals surface area (Å²) >= 11 is 0. The topological polar surface area (TPSA) is 63.2 Å². The first-order chi connectivity index (χ1) is 8.98. The number of methoxy groups -OCH3 is 2. The molecule has 0 fully saturated rings. The van der Waals surface area contributed by atoms with E-state index in [2.05, 4.69) is 18.9 Å². The van der Waals surface area contributed by atoms with Crippen molar-refractivity contribution < 1.29 is 37.3 Å². The molecule has 0 spiro atoms. The number of hydrogen-bond donors (Lipinski definition) is 0. The fourth-order valence-corrected chi connectivity index (χ4v) is 1.53. The van der Waals surface area contributed by atoms with E-state index in [4.69, 9.17) is 4.74 Å². The molecule has 2 rings (SSSR count). The predicted molar refractivity (Wildman–Crippen MR) is 56.5 cm³/mol. The molecule has 0 aromatic heterocycles. The molecule has 1 heterocycles. The SMILES string of the molecule is COCOc1ccc2c(c1C(=O)OC)OC(F)(F)O2. The van der Waals surface area contributed by atoms with Crippen molar-refractivity contribution in [2.24, 2.45) is 0 Å². The molecule has 0 amide bonds. The summed E-state index contributed by atoms with van der Waals surface area (Å²) in [7, 11) is 2.48. The highest BCUT2D eigenvalue weighted by Crippen LogP contribution is 2.46. The monoisotopic (exact) mass is 276 g/mol. The largest absolute Gasteiger partial charge is 0.586 e. The maximum atomic E-state index is 13.0. The van der Waals surface area contributed by atoms with Gasteiger partial charge in [-0.05, 0) is 12.1 Å².